The van der Waals surface area contributed by atoms with Crippen LogP contribution in [0.15, 0.2) is 42.5 Å². The van der Waals surface area contributed by atoms with Crippen LogP contribution in [-0.4, -0.2) is 12.8 Å². The lowest BCUT2D eigenvalue weighted by Gasteiger charge is -2.27. The minimum atomic E-state index is 0.784. The van der Waals surface area contributed by atoms with E-state index in [9.17, 15) is 4.79 Å². The van der Waals surface area contributed by atoms with Crippen molar-refractivity contribution in [2.45, 2.75) is 71.1 Å². The zero-order chi connectivity index (χ0) is 18.9. The molecule has 2 aromatic carbocycles. The highest BCUT2D eigenvalue weighted by atomic mass is 16.1. The number of unbranched alkanes of at least 4 members (excludes halogenated alkanes) is 7. The van der Waals surface area contributed by atoms with Crippen molar-refractivity contribution in [3.63, 3.8) is 0 Å². The highest BCUT2D eigenvalue weighted by Gasteiger charge is 2.20. The zero-order valence-electron chi connectivity index (χ0n) is 16.8. The van der Waals surface area contributed by atoms with Gasteiger partial charge in [0.15, 0.2) is 0 Å². The number of aryl methyl sites for hydroxylation is 2. The average Bonchev–Trinajstić information content (AvgIpc) is 2.86. The van der Waals surface area contributed by atoms with Crippen LogP contribution in [0.2, 0.25) is 0 Å². The van der Waals surface area contributed by atoms with Crippen molar-refractivity contribution < 1.29 is 4.79 Å². The first kappa shape index (κ1) is 19.7. The van der Waals surface area contributed by atoms with Crippen LogP contribution in [0.1, 0.15) is 79.8 Å². The van der Waals surface area contributed by atoms with Gasteiger partial charge in [0.2, 0.25) is 0 Å². The summed E-state index contributed by atoms with van der Waals surface area (Å²) in [7, 11) is 0. The van der Waals surface area contributed by atoms with Gasteiger partial charge < -0.3 is 4.90 Å². The normalized spacial score (nSPS) is 13.0. The lowest BCUT2D eigenvalue weighted by molar-refractivity contribution is 0.112. The number of fused-ring (bicyclic) bond motifs is 2. The number of nitrogens with zero attached hydrogens (tertiary/aromatic N) is 1. The lowest BCUT2D eigenvalue weighted by atomic mass is 10.0. The number of aldehydes is 1. The number of rotatable bonds is 10. The molecule has 0 radical (unpaired) electrons. The quantitative estimate of drug-likeness (QED) is 0.339. The van der Waals surface area contributed by atoms with Crippen molar-refractivity contribution in [1.82, 2.24) is 0 Å². The van der Waals surface area contributed by atoms with Gasteiger partial charge in [0.05, 0.1) is 0 Å². The highest BCUT2D eigenvalue weighted by Crippen LogP contribution is 2.36. The van der Waals surface area contributed by atoms with E-state index in [-0.39, 0.29) is 0 Å². The Morgan fingerprint density at radius 2 is 1.48 bits per heavy atom. The first-order valence-electron chi connectivity index (χ1n) is 10.8. The first-order chi connectivity index (χ1) is 13.3. The fourth-order valence-corrected chi connectivity index (χ4v) is 4.17. The molecule has 0 amide bonds. The number of carbonyl (C=O) groups is 1. The molecule has 0 atom stereocenters. The number of carbonyl (C=O) groups excluding carboxylic acids is 1. The Hall–Kier alpha value is -2.09. The van der Waals surface area contributed by atoms with Crippen LogP contribution in [-0.2, 0) is 12.8 Å². The van der Waals surface area contributed by atoms with Crippen LogP contribution < -0.4 is 4.90 Å². The standard InChI is InChI=1S/C25H33NO/c1-2-3-4-5-6-7-8-11-18-26-24-13-10-9-12-22(24)15-16-23-19-21(20-27)14-17-25(23)26/h9-10,12-14,17,19-20H,2-8,11,15-16,18H2,1H3. The molecule has 2 heteroatoms. The van der Waals surface area contributed by atoms with Crippen LogP contribution in [0, 0.1) is 0 Å². The van der Waals surface area contributed by atoms with E-state index >= 15 is 0 Å². The molecular formula is C25H33NO. The predicted octanol–water partition coefficient (Wildman–Crippen LogP) is 6.88. The van der Waals surface area contributed by atoms with Gasteiger partial charge in [-0.2, -0.15) is 0 Å². The third-order valence-electron chi connectivity index (χ3n) is 5.71. The molecule has 0 bridgehead atoms. The molecule has 2 aromatic rings. The Morgan fingerprint density at radius 3 is 2.26 bits per heavy atom. The molecule has 0 fully saturated rings. The lowest BCUT2D eigenvalue weighted by Crippen LogP contribution is -2.19. The number of hydrogen-bond donors (Lipinski definition) is 0. The van der Waals surface area contributed by atoms with Gasteiger partial charge in [0.25, 0.3) is 0 Å². The zero-order valence-corrected chi connectivity index (χ0v) is 16.8. The smallest absolute Gasteiger partial charge is 0.150 e. The van der Waals surface area contributed by atoms with Crippen LogP contribution in [0.25, 0.3) is 0 Å². The largest absolute Gasteiger partial charge is 0.341 e. The van der Waals surface area contributed by atoms with Crippen molar-refractivity contribution in [3.8, 4) is 0 Å². The summed E-state index contributed by atoms with van der Waals surface area (Å²) in [6, 6.07) is 15.0. The van der Waals surface area contributed by atoms with Crippen molar-refractivity contribution in [3.05, 3.63) is 59.2 Å². The Bertz CT molecular complexity index is 737. The molecule has 1 aliphatic heterocycles. The summed E-state index contributed by atoms with van der Waals surface area (Å²) in [4.78, 5) is 13.7. The second-order valence-corrected chi connectivity index (χ2v) is 7.76. The summed E-state index contributed by atoms with van der Waals surface area (Å²) in [6.07, 6.45) is 13.7. The van der Waals surface area contributed by atoms with E-state index in [1.807, 2.05) is 6.07 Å². The second kappa shape index (κ2) is 10.3. The minimum absolute atomic E-state index is 0.784. The summed E-state index contributed by atoms with van der Waals surface area (Å²) in [5, 5.41) is 0. The Labute approximate surface area is 164 Å². The summed E-state index contributed by atoms with van der Waals surface area (Å²) < 4.78 is 0. The highest BCUT2D eigenvalue weighted by molar-refractivity contribution is 5.79. The van der Waals surface area contributed by atoms with Gasteiger partial charge in [0.1, 0.15) is 6.29 Å². The molecular weight excluding hydrogens is 330 g/mol. The molecule has 0 unspecified atom stereocenters. The molecule has 2 nitrogen and oxygen atoms in total. The fraction of sp³-hybridized carbons (Fsp3) is 0.480. The molecule has 0 aliphatic carbocycles. The van der Waals surface area contributed by atoms with Crippen LogP contribution in [0.5, 0.6) is 0 Å². The third kappa shape index (κ3) is 5.22. The topological polar surface area (TPSA) is 20.3 Å². The van der Waals surface area contributed by atoms with Crippen molar-refractivity contribution >= 4 is 17.7 Å². The van der Waals surface area contributed by atoms with Gasteiger partial charge in [-0.15, -0.1) is 0 Å². The maximum absolute atomic E-state index is 11.2. The van der Waals surface area contributed by atoms with E-state index in [0.29, 0.717) is 0 Å². The Morgan fingerprint density at radius 1 is 0.815 bits per heavy atom. The van der Waals surface area contributed by atoms with Gasteiger partial charge >= 0.3 is 0 Å². The second-order valence-electron chi connectivity index (χ2n) is 7.76. The molecule has 0 saturated heterocycles. The van der Waals surface area contributed by atoms with Crippen LogP contribution >= 0.6 is 0 Å². The van der Waals surface area contributed by atoms with Gasteiger partial charge in [-0.3, -0.25) is 4.79 Å². The third-order valence-corrected chi connectivity index (χ3v) is 5.71. The summed E-state index contributed by atoms with van der Waals surface area (Å²) in [5.41, 5.74) is 6.13. The summed E-state index contributed by atoms with van der Waals surface area (Å²) in [6.45, 7) is 3.33. The predicted molar refractivity (Wildman–Crippen MR) is 115 cm³/mol. The maximum Gasteiger partial charge on any atom is 0.150 e. The van der Waals surface area contributed by atoms with Gasteiger partial charge in [-0.25, -0.2) is 0 Å². The minimum Gasteiger partial charge on any atom is -0.341 e. The average molecular weight is 364 g/mol. The van der Waals surface area contributed by atoms with Crippen molar-refractivity contribution in [1.29, 1.82) is 0 Å². The fourth-order valence-electron chi connectivity index (χ4n) is 4.17. The summed E-state index contributed by atoms with van der Waals surface area (Å²) in [5.74, 6) is 0. The van der Waals surface area contributed by atoms with Crippen LogP contribution in [0.3, 0.4) is 0 Å². The van der Waals surface area contributed by atoms with Crippen molar-refractivity contribution in [2.24, 2.45) is 0 Å². The molecule has 3 rings (SSSR count). The van der Waals surface area contributed by atoms with E-state index in [1.165, 1.54) is 73.9 Å². The number of anilines is 2. The SMILES string of the molecule is CCCCCCCCCCN1c2ccccc2CCc2cc(C=O)ccc21. The molecule has 0 N–H and O–H groups in total. The molecule has 1 heterocycles. The number of para-hydroxylation sites is 1. The number of benzene rings is 2. The number of hydrogen-bond acceptors (Lipinski definition) is 2. The summed E-state index contributed by atoms with van der Waals surface area (Å²) >= 11 is 0. The van der Waals surface area contributed by atoms with Crippen molar-refractivity contribution in [2.75, 3.05) is 11.4 Å². The monoisotopic (exact) mass is 363 g/mol. The van der Waals surface area contributed by atoms with Gasteiger partial charge in [0, 0.05) is 23.5 Å². The first-order valence-corrected chi connectivity index (χ1v) is 10.8. The van der Waals surface area contributed by atoms with E-state index in [1.54, 1.807) is 0 Å². The van der Waals surface area contributed by atoms with E-state index in [2.05, 4.69) is 48.2 Å². The molecule has 0 aromatic heterocycles. The molecule has 0 spiro atoms. The van der Waals surface area contributed by atoms with E-state index in [0.717, 1.165) is 31.2 Å². The Kier molecular flexibility index (Phi) is 7.50. The van der Waals surface area contributed by atoms with E-state index in [4.69, 9.17) is 0 Å². The van der Waals surface area contributed by atoms with Crippen LogP contribution in [0.4, 0.5) is 11.4 Å². The van der Waals surface area contributed by atoms with Gasteiger partial charge in [-0.05, 0) is 54.7 Å². The molecule has 1 aliphatic rings. The molecule has 0 saturated carbocycles. The maximum atomic E-state index is 11.2. The van der Waals surface area contributed by atoms with E-state index < -0.39 is 0 Å². The molecule has 27 heavy (non-hydrogen) atoms. The molecule has 144 valence electrons. The Balaban J connectivity index is 1.67. The van der Waals surface area contributed by atoms with Gasteiger partial charge in [-0.1, -0.05) is 70.1 Å².